The highest BCUT2D eigenvalue weighted by Crippen LogP contribution is 2.17. The van der Waals surface area contributed by atoms with Gasteiger partial charge in [0, 0.05) is 23.6 Å². The molecule has 0 atom stereocenters. The topological polar surface area (TPSA) is 68.3 Å². The Hall–Kier alpha value is -1.36. The molecular formula is C13H18N2O2. The normalized spacial score (nSPS) is 12.2. The van der Waals surface area contributed by atoms with Gasteiger partial charge in [-0.05, 0) is 24.6 Å². The number of hydrogen-bond donors (Lipinski definition) is 4. The van der Waals surface area contributed by atoms with E-state index in [9.17, 15) is 10.2 Å². The number of nitrogens with one attached hydrogen (secondary N) is 2. The van der Waals surface area contributed by atoms with Crippen LogP contribution < -0.4 is 5.32 Å². The molecule has 0 amide bonds. The van der Waals surface area contributed by atoms with E-state index < -0.39 is 5.54 Å². The lowest BCUT2D eigenvalue weighted by Gasteiger charge is -2.26. The average molecular weight is 234 g/mol. The summed E-state index contributed by atoms with van der Waals surface area (Å²) in [5, 5.41) is 22.8. The molecule has 4 N–H and O–H groups in total. The summed E-state index contributed by atoms with van der Waals surface area (Å²) in [5.41, 5.74) is 1.61. The molecule has 0 saturated heterocycles. The van der Waals surface area contributed by atoms with E-state index in [1.165, 1.54) is 5.39 Å². The standard InChI is InChI=1S/C13H18N2O2/c1-13(8-16,9-17)15-7-10-3-2-4-12-11(10)5-6-14-12/h2-6,14-17H,7-9H2,1H3. The zero-order chi connectivity index (χ0) is 12.3. The monoisotopic (exact) mass is 234 g/mol. The van der Waals surface area contributed by atoms with E-state index in [0.29, 0.717) is 6.54 Å². The van der Waals surface area contributed by atoms with Crippen LogP contribution in [0.1, 0.15) is 12.5 Å². The van der Waals surface area contributed by atoms with Crippen molar-refractivity contribution >= 4 is 10.9 Å². The zero-order valence-electron chi connectivity index (χ0n) is 9.90. The fourth-order valence-electron chi connectivity index (χ4n) is 1.78. The summed E-state index contributed by atoms with van der Waals surface area (Å²) in [6.07, 6.45) is 1.91. The number of H-pyrrole nitrogens is 1. The Morgan fingerprint density at radius 1 is 1.24 bits per heavy atom. The van der Waals surface area contributed by atoms with Gasteiger partial charge in [0.1, 0.15) is 0 Å². The number of hydrogen-bond acceptors (Lipinski definition) is 3. The maximum absolute atomic E-state index is 9.21. The molecule has 2 rings (SSSR count). The summed E-state index contributed by atoms with van der Waals surface area (Å²) in [6.45, 7) is 2.23. The lowest BCUT2D eigenvalue weighted by molar-refractivity contribution is 0.103. The number of aliphatic hydroxyl groups is 2. The molecule has 17 heavy (non-hydrogen) atoms. The molecule has 0 aliphatic heterocycles. The van der Waals surface area contributed by atoms with E-state index in [2.05, 4.69) is 10.3 Å². The van der Waals surface area contributed by atoms with Crippen LogP contribution in [0.25, 0.3) is 10.9 Å². The van der Waals surface area contributed by atoms with Crippen molar-refractivity contribution in [3.05, 3.63) is 36.0 Å². The van der Waals surface area contributed by atoms with Crippen molar-refractivity contribution in [2.45, 2.75) is 19.0 Å². The highest BCUT2D eigenvalue weighted by atomic mass is 16.3. The minimum atomic E-state index is -0.640. The molecular weight excluding hydrogens is 216 g/mol. The first-order chi connectivity index (χ1) is 8.18. The van der Waals surface area contributed by atoms with Crippen molar-refractivity contribution in [2.75, 3.05) is 13.2 Å². The molecule has 4 heteroatoms. The van der Waals surface area contributed by atoms with Crippen LogP contribution >= 0.6 is 0 Å². The molecule has 92 valence electrons. The number of aromatic amines is 1. The first-order valence-corrected chi connectivity index (χ1v) is 5.70. The van der Waals surface area contributed by atoms with Gasteiger partial charge in [-0.15, -0.1) is 0 Å². The summed E-state index contributed by atoms with van der Waals surface area (Å²) in [6, 6.07) is 8.08. The third-order valence-electron chi connectivity index (χ3n) is 3.09. The molecule has 4 nitrogen and oxygen atoms in total. The quantitative estimate of drug-likeness (QED) is 0.624. The van der Waals surface area contributed by atoms with Gasteiger partial charge in [-0.25, -0.2) is 0 Å². The molecule has 0 aliphatic rings. The Kier molecular flexibility index (Phi) is 3.47. The largest absolute Gasteiger partial charge is 0.394 e. The number of benzene rings is 1. The number of aromatic nitrogens is 1. The highest BCUT2D eigenvalue weighted by Gasteiger charge is 2.21. The van der Waals surface area contributed by atoms with Gasteiger partial charge in [-0.3, -0.25) is 0 Å². The fourth-order valence-corrected chi connectivity index (χ4v) is 1.78. The van der Waals surface area contributed by atoms with Crippen molar-refractivity contribution in [1.82, 2.24) is 10.3 Å². The number of rotatable bonds is 5. The van der Waals surface area contributed by atoms with Crippen LogP contribution in [-0.4, -0.2) is 33.9 Å². The first-order valence-electron chi connectivity index (χ1n) is 5.70. The minimum Gasteiger partial charge on any atom is -0.394 e. The Labute approximate surface area is 100 Å². The molecule has 2 aromatic rings. The van der Waals surface area contributed by atoms with Crippen LogP contribution in [-0.2, 0) is 6.54 Å². The summed E-state index contributed by atoms with van der Waals surface area (Å²) in [7, 11) is 0. The smallest absolute Gasteiger partial charge is 0.0633 e. The Bertz CT molecular complexity index is 489. The van der Waals surface area contributed by atoms with E-state index in [-0.39, 0.29) is 13.2 Å². The molecule has 0 saturated carbocycles. The summed E-state index contributed by atoms with van der Waals surface area (Å²) in [5.74, 6) is 0. The van der Waals surface area contributed by atoms with E-state index in [1.54, 1.807) is 6.92 Å². The second kappa shape index (κ2) is 4.87. The average Bonchev–Trinajstić information content (AvgIpc) is 2.84. The van der Waals surface area contributed by atoms with Gasteiger partial charge in [-0.2, -0.15) is 0 Å². The van der Waals surface area contributed by atoms with Crippen LogP contribution in [0.15, 0.2) is 30.5 Å². The van der Waals surface area contributed by atoms with Crippen LogP contribution in [0.2, 0.25) is 0 Å². The van der Waals surface area contributed by atoms with Gasteiger partial charge in [0.15, 0.2) is 0 Å². The molecule has 1 aromatic heterocycles. The Morgan fingerprint density at radius 2 is 2.00 bits per heavy atom. The third-order valence-corrected chi connectivity index (χ3v) is 3.09. The van der Waals surface area contributed by atoms with Gasteiger partial charge in [0.25, 0.3) is 0 Å². The third kappa shape index (κ3) is 2.49. The second-order valence-corrected chi connectivity index (χ2v) is 4.59. The molecule has 0 fully saturated rings. The predicted octanol–water partition coefficient (Wildman–Crippen LogP) is 1.00. The Morgan fingerprint density at radius 3 is 2.71 bits per heavy atom. The van der Waals surface area contributed by atoms with Crippen molar-refractivity contribution in [2.24, 2.45) is 0 Å². The van der Waals surface area contributed by atoms with Crippen LogP contribution in [0, 0.1) is 0 Å². The fraction of sp³-hybridized carbons (Fsp3) is 0.385. The van der Waals surface area contributed by atoms with Gasteiger partial charge in [-0.1, -0.05) is 12.1 Å². The lowest BCUT2D eigenvalue weighted by atomic mass is 10.0. The molecule has 1 aromatic carbocycles. The maximum Gasteiger partial charge on any atom is 0.0633 e. The number of aliphatic hydroxyl groups excluding tert-OH is 2. The van der Waals surface area contributed by atoms with E-state index >= 15 is 0 Å². The van der Waals surface area contributed by atoms with E-state index in [4.69, 9.17) is 0 Å². The van der Waals surface area contributed by atoms with Gasteiger partial charge in [0.05, 0.1) is 18.8 Å². The maximum atomic E-state index is 9.21. The van der Waals surface area contributed by atoms with E-state index in [0.717, 1.165) is 11.1 Å². The summed E-state index contributed by atoms with van der Waals surface area (Å²) >= 11 is 0. The predicted molar refractivity (Wildman–Crippen MR) is 67.7 cm³/mol. The van der Waals surface area contributed by atoms with Crippen molar-refractivity contribution in [3.63, 3.8) is 0 Å². The van der Waals surface area contributed by atoms with Crippen molar-refractivity contribution < 1.29 is 10.2 Å². The van der Waals surface area contributed by atoms with Gasteiger partial charge >= 0.3 is 0 Å². The van der Waals surface area contributed by atoms with Gasteiger partial charge in [0.2, 0.25) is 0 Å². The first kappa shape index (κ1) is 12.1. The van der Waals surface area contributed by atoms with Crippen molar-refractivity contribution in [3.8, 4) is 0 Å². The van der Waals surface area contributed by atoms with Crippen molar-refractivity contribution in [1.29, 1.82) is 0 Å². The highest BCUT2D eigenvalue weighted by molar-refractivity contribution is 5.82. The molecule has 1 heterocycles. The molecule has 0 spiro atoms. The molecule has 0 aliphatic carbocycles. The minimum absolute atomic E-state index is 0.0907. The summed E-state index contributed by atoms with van der Waals surface area (Å²) in [4.78, 5) is 3.16. The van der Waals surface area contributed by atoms with Crippen LogP contribution in [0.4, 0.5) is 0 Å². The molecule has 0 bridgehead atoms. The van der Waals surface area contributed by atoms with E-state index in [1.807, 2.05) is 30.5 Å². The zero-order valence-corrected chi connectivity index (χ0v) is 9.90. The van der Waals surface area contributed by atoms with Crippen LogP contribution in [0.3, 0.4) is 0 Å². The van der Waals surface area contributed by atoms with Crippen LogP contribution in [0.5, 0.6) is 0 Å². The second-order valence-electron chi connectivity index (χ2n) is 4.59. The Balaban J connectivity index is 2.16. The van der Waals surface area contributed by atoms with Gasteiger partial charge < -0.3 is 20.5 Å². The summed E-state index contributed by atoms with van der Waals surface area (Å²) < 4.78 is 0. The lowest BCUT2D eigenvalue weighted by Crippen LogP contribution is -2.48. The molecule has 0 unspecified atom stereocenters. The number of fused-ring (bicyclic) bond motifs is 1. The molecule has 0 radical (unpaired) electrons. The SMILES string of the molecule is CC(CO)(CO)NCc1cccc2[nH]ccc12.